The molecule has 0 aromatic carbocycles. The summed E-state index contributed by atoms with van der Waals surface area (Å²) in [6, 6.07) is -0.195. The van der Waals surface area contributed by atoms with Crippen molar-refractivity contribution in [3.8, 4) is 0 Å². The van der Waals surface area contributed by atoms with Gasteiger partial charge in [-0.2, -0.15) is 5.10 Å². The fraction of sp³-hybridized carbons (Fsp3) is 0.824. The average molecular weight is 333 g/mol. The molecule has 0 radical (unpaired) electrons. The summed E-state index contributed by atoms with van der Waals surface area (Å²) in [5, 5.41) is 12.1. The molecule has 7 nitrogen and oxygen atoms in total. The van der Waals surface area contributed by atoms with Gasteiger partial charge in [0.25, 0.3) is 0 Å². The van der Waals surface area contributed by atoms with Crippen LogP contribution < -0.4 is 16.3 Å². The van der Waals surface area contributed by atoms with E-state index in [1.54, 1.807) is 0 Å². The average Bonchev–Trinajstić information content (AvgIpc) is 2.89. The number of urea groups is 1. The molecule has 2 amide bonds. The van der Waals surface area contributed by atoms with Gasteiger partial charge < -0.3 is 10.6 Å². The summed E-state index contributed by atoms with van der Waals surface area (Å²) in [6.07, 6.45) is 7.94. The van der Waals surface area contributed by atoms with Crippen LogP contribution in [0.25, 0.3) is 0 Å². The van der Waals surface area contributed by atoms with Crippen molar-refractivity contribution < 1.29 is 4.79 Å². The summed E-state index contributed by atoms with van der Waals surface area (Å²) < 4.78 is 0. The first-order chi connectivity index (χ1) is 11.4. The van der Waals surface area contributed by atoms with Crippen LogP contribution in [0.2, 0.25) is 0 Å². The van der Waals surface area contributed by atoms with Gasteiger partial charge >= 0.3 is 11.7 Å². The van der Waals surface area contributed by atoms with Crippen molar-refractivity contribution in [3.63, 3.8) is 0 Å². The van der Waals surface area contributed by atoms with Crippen molar-refractivity contribution in [1.29, 1.82) is 0 Å². The smallest absolute Gasteiger partial charge is 0.333 e. The number of carbonyl (C=O) groups excluding carboxylic acids is 1. The zero-order valence-electron chi connectivity index (χ0n) is 14.4. The second-order valence-electron chi connectivity index (χ2n) is 8.75. The molecule has 0 saturated heterocycles. The highest BCUT2D eigenvalue weighted by atomic mass is 16.2. The molecule has 4 aliphatic rings. The maximum Gasteiger partial charge on any atom is 0.340 e. The Hall–Kier alpha value is -1.79. The highest BCUT2D eigenvalue weighted by Crippen LogP contribution is 2.63. The second-order valence-corrected chi connectivity index (χ2v) is 8.75. The van der Waals surface area contributed by atoms with Crippen LogP contribution in [-0.4, -0.2) is 26.8 Å². The number of H-pyrrole nitrogens is 2. The van der Waals surface area contributed by atoms with Crippen LogP contribution in [0.15, 0.2) is 4.79 Å². The van der Waals surface area contributed by atoms with Crippen molar-refractivity contribution in [2.24, 2.45) is 23.2 Å². The van der Waals surface area contributed by atoms with Crippen molar-refractivity contribution in [2.75, 3.05) is 0 Å². The Morgan fingerprint density at radius 2 is 1.79 bits per heavy atom. The third kappa shape index (κ3) is 2.63. The van der Waals surface area contributed by atoms with Crippen molar-refractivity contribution in [1.82, 2.24) is 25.8 Å². The number of aromatic nitrogens is 3. The highest BCUT2D eigenvalue weighted by Gasteiger charge is 2.57. The molecule has 5 rings (SSSR count). The number of nitrogens with zero attached hydrogens (tertiary/aromatic N) is 1. The molecule has 1 aromatic heterocycles. The molecule has 1 aromatic rings. The Morgan fingerprint density at radius 3 is 2.29 bits per heavy atom. The zero-order chi connectivity index (χ0) is 16.9. The molecule has 4 saturated carbocycles. The molecule has 4 fully saturated rings. The molecule has 0 spiro atoms. The number of nitrogens with one attached hydrogen (secondary N) is 4. The zero-order valence-corrected chi connectivity index (χ0v) is 14.4. The number of hydrogen-bond donors (Lipinski definition) is 4. The fourth-order valence-electron chi connectivity index (χ4n) is 5.89. The minimum absolute atomic E-state index is 0.195. The largest absolute Gasteiger partial charge is 0.340 e. The first-order valence-corrected chi connectivity index (χ1v) is 9.05. The van der Waals surface area contributed by atoms with Crippen LogP contribution >= 0.6 is 0 Å². The Kier molecular flexibility index (Phi) is 3.51. The molecule has 7 heteroatoms. The molecule has 4 aliphatic carbocycles. The number of amides is 2. The van der Waals surface area contributed by atoms with Crippen molar-refractivity contribution in [3.05, 3.63) is 16.3 Å². The number of hydrogen-bond acceptors (Lipinski definition) is 3. The van der Waals surface area contributed by atoms with E-state index in [1.165, 1.54) is 38.5 Å². The highest BCUT2D eigenvalue weighted by molar-refractivity contribution is 5.74. The predicted octanol–water partition coefficient (Wildman–Crippen LogP) is 1.89. The molecule has 24 heavy (non-hydrogen) atoms. The summed E-state index contributed by atoms with van der Waals surface area (Å²) in [5.74, 6) is 3.00. The van der Waals surface area contributed by atoms with Crippen LogP contribution in [0.4, 0.5) is 4.79 Å². The lowest BCUT2D eigenvalue weighted by Gasteiger charge is -2.62. The van der Waals surface area contributed by atoms with Crippen LogP contribution in [0, 0.1) is 23.2 Å². The summed E-state index contributed by atoms with van der Waals surface area (Å²) in [7, 11) is 0. The first kappa shape index (κ1) is 15.7. The standard InChI is InChI=1S/C17H27N5O2/c1-16(2,20-14(23)18-9-13-19-15(24)22-21-13)17-6-10-3-11(7-17)5-12(4-10)8-17/h10-12H,3-9H2,1-2H3,(H2,18,20,23)(H2,19,21,22,24). The maximum atomic E-state index is 12.4. The van der Waals surface area contributed by atoms with E-state index in [1.807, 2.05) is 0 Å². The normalized spacial score (nSPS) is 34.3. The van der Waals surface area contributed by atoms with Gasteiger partial charge in [0.05, 0.1) is 6.54 Å². The number of aromatic amines is 2. The summed E-state index contributed by atoms with van der Waals surface area (Å²) in [6.45, 7) is 4.56. The quantitative estimate of drug-likeness (QED) is 0.676. The Labute approximate surface area is 141 Å². The fourth-order valence-corrected chi connectivity index (χ4v) is 5.89. The van der Waals surface area contributed by atoms with Gasteiger partial charge in [-0.3, -0.25) is 4.98 Å². The van der Waals surface area contributed by atoms with Gasteiger partial charge in [0.2, 0.25) is 0 Å². The lowest BCUT2D eigenvalue weighted by molar-refractivity contribution is -0.0950. The minimum Gasteiger partial charge on any atom is -0.333 e. The molecule has 0 aliphatic heterocycles. The van der Waals surface area contributed by atoms with Crippen molar-refractivity contribution >= 4 is 6.03 Å². The Bertz CT molecular complexity index is 654. The van der Waals surface area contributed by atoms with Gasteiger partial charge in [-0.1, -0.05) is 0 Å². The van der Waals surface area contributed by atoms with Gasteiger partial charge in [-0.05, 0) is 75.5 Å². The minimum atomic E-state index is -0.360. The van der Waals surface area contributed by atoms with Gasteiger partial charge in [0, 0.05) is 5.54 Å². The van der Waals surface area contributed by atoms with Gasteiger partial charge in [-0.15, -0.1) is 0 Å². The number of rotatable bonds is 4. The molecule has 1 heterocycles. The van der Waals surface area contributed by atoms with Crippen LogP contribution in [-0.2, 0) is 6.54 Å². The van der Waals surface area contributed by atoms with Crippen molar-refractivity contribution in [2.45, 2.75) is 64.5 Å². The first-order valence-electron chi connectivity index (χ1n) is 9.05. The molecule has 0 unspecified atom stereocenters. The van der Waals surface area contributed by atoms with Crippen LogP contribution in [0.1, 0.15) is 58.2 Å². The third-order valence-corrected chi connectivity index (χ3v) is 6.76. The van der Waals surface area contributed by atoms with E-state index in [-0.39, 0.29) is 29.2 Å². The Morgan fingerprint density at radius 1 is 1.21 bits per heavy atom. The lowest BCUT2D eigenvalue weighted by atomic mass is 9.45. The van der Waals surface area contributed by atoms with E-state index in [0.29, 0.717) is 5.82 Å². The third-order valence-electron chi connectivity index (χ3n) is 6.76. The van der Waals surface area contributed by atoms with E-state index < -0.39 is 0 Å². The van der Waals surface area contributed by atoms with E-state index in [2.05, 4.69) is 39.7 Å². The van der Waals surface area contributed by atoms with Gasteiger partial charge in [0.1, 0.15) is 5.82 Å². The van der Waals surface area contributed by atoms with Crippen LogP contribution in [0.3, 0.4) is 0 Å². The maximum absolute atomic E-state index is 12.4. The van der Waals surface area contributed by atoms with Gasteiger partial charge in [0.15, 0.2) is 0 Å². The van der Waals surface area contributed by atoms with Gasteiger partial charge in [-0.25, -0.2) is 14.7 Å². The predicted molar refractivity (Wildman–Crippen MR) is 89.3 cm³/mol. The monoisotopic (exact) mass is 333 g/mol. The molecule has 4 bridgehead atoms. The summed E-state index contributed by atoms with van der Waals surface area (Å²) >= 11 is 0. The second kappa shape index (κ2) is 5.36. The lowest BCUT2D eigenvalue weighted by Crippen LogP contribution is -2.63. The van der Waals surface area contributed by atoms with Crippen LogP contribution in [0.5, 0.6) is 0 Å². The summed E-state index contributed by atoms with van der Waals surface area (Å²) in [5.41, 5.74) is -0.354. The molecule has 0 atom stereocenters. The SMILES string of the molecule is CC(C)(NC(=O)NCc1n[nH]c(=O)[nH]1)C12CC3CC(CC(C3)C1)C2. The molecule has 4 N–H and O–H groups in total. The molecular formula is C17H27N5O2. The topological polar surface area (TPSA) is 103 Å². The van der Waals surface area contributed by atoms with E-state index in [9.17, 15) is 9.59 Å². The van der Waals surface area contributed by atoms with E-state index >= 15 is 0 Å². The van der Waals surface area contributed by atoms with E-state index in [0.717, 1.165) is 17.8 Å². The Balaban J connectivity index is 1.41. The molecule has 132 valence electrons. The molecular weight excluding hydrogens is 306 g/mol. The van der Waals surface area contributed by atoms with E-state index in [4.69, 9.17) is 0 Å². The summed E-state index contributed by atoms with van der Waals surface area (Å²) in [4.78, 5) is 25.9. The number of carbonyl (C=O) groups is 1.